The molecule has 0 saturated carbocycles. The van der Waals surface area contributed by atoms with E-state index in [1.807, 2.05) is 17.6 Å². The highest BCUT2D eigenvalue weighted by Crippen LogP contribution is 2.29. The monoisotopic (exact) mass is 464 g/mol. The summed E-state index contributed by atoms with van der Waals surface area (Å²) in [6.07, 6.45) is 0. The molecule has 0 aliphatic rings. The van der Waals surface area contributed by atoms with Gasteiger partial charge in [0.25, 0.3) is 5.91 Å². The Kier molecular flexibility index (Phi) is 6.59. The van der Waals surface area contributed by atoms with E-state index in [1.54, 1.807) is 26.2 Å². The van der Waals surface area contributed by atoms with Crippen LogP contribution in [0, 0.1) is 0 Å². The van der Waals surface area contributed by atoms with Crippen molar-refractivity contribution in [2.24, 2.45) is 0 Å². The predicted molar refractivity (Wildman–Crippen MR) is 120 cm³/mol. The first-order chi connectivity index (χ1) is 14.6. The van der Waals surface area contributed by atoms with Gasteiger partial charge >= 0.3 is 0 Å². The van der Waals surface area contributed by atoms with Crippen LogP contribution < -0.4 is 4.74 Å². The number of aromatic nitrogens is 2. The van der Waals surface area contributed by atoms with Crippen molar-refractivity contribution in [2.45, 2.75) is 24.9 Å². The van der Waals surface area contributed by atoms with Crippen LogP contribution in [-0.4, -0.2) is 61.3 Å². The fourth-order valence-corrected chi connectivity index (χ4v) is 4.79. The molecule has 0 spiro atoms. The van der Waals surface area contributed by atoms with Gasteiger partial charge in [0.05, 0.1) is 34.6 Å². The van der Waals surface area contributed by atoms with Crippen LogP contribution in [0.3, 0.4) is 0 Å². The van der Waals surface area contributed by atoms with Gasteiger partial charge in [0, 0.05) is 33.3 Å². The van der Waals surface area contributed by atoms with Crippen molar-refractivity contribution < 1.29 is 17.9 Å². The minimum atomic E-state index is -3.80. The quantitative estimate of drug-likeness (QED) is 0.536. The molecule has 166 valence electrons. The number of amides is 1. The Labute approximate surface area is 187 Å². The van der Waals surface area contributed by atoms with E-state index in [4.69, 9.17) is 16.3 Å². The normalized spacial score (nSPS) is 11.8. The van der Waals surface area contributed by atoms with Crippen molar-refractivity contribution in [1.82, 2.24) is 18.8 Å². The van der Waals surface area contributed by atoms with E-state index in [9.17, 15) is 13.2 Å². The van der Waals surface area contributed by atoms with Gasteiger partial charge in [-0.2, -0.15) is 4.31 Å². The molecule has 2 aromatic carbocycles. The fourth-order valence-electron chi connectivity index (χ4n) is 3.32. The third-order valence-electron chi connectivity index (χ3n) is 4.99. The number of nitrogens with zero attached hydrogens (tertiary/aromatic N) is 4. The Morgan fingerprint density at radius 1 is 1.16 bits per heavy atom. The second-order valence-electron chi connectivity index (χ2n) is 7.23. The van der Waals surface area contributed by atoms with Crippen LogP contribution in [0.25, 0.3) is 11.0 Å². The molecule has 0 fully saturated rings. The first-order valence-electron chi connectivity index (χ1n) is 9.60. The van der Waals surface area contributed by atoms with Gasteiger partial charge in [0.1, 0.15) is 11.6 Å². The Morgan fingerprint density at radius 3 is 2.45 bits per heavy atom. The third kappa shape index (κ3) is 4.39. The van der Waals surface area contributed by atoms with Crippen LogP contribution in [-0.2, 0) is 23.1 Å². The number of benzene rings is 2. The summed E-state index contributed by atoms with van der Waals surface area (Å²) in [4.78, 5) is 18.5. The Hall–Kier alpha value is -2.62. The van der Waals surface area contributed by atoms with Gasteiger partial charge in [-0.15, -0.1) is 0 Å². The van der Waals surface area contributed by atoms with E-state index in [0.29, 0.717) is 29.2 Å². The van der Waals surface area contributed by atoms with Gasteiger partial charge in [0.15, 0.2) is 0 Å². The molecular weight excluding hydrogens is 440 g/mol. The average Bonchev–Trinajstić information content (AvgIpc) is 3.08. The molecule has 1 heterocycles. The van der Waals surface area contributed by atoms with Crippen molar-refractivity contribution in [3.05, 3.63) is 52.8 Å². The summed E-state index contributed by atoms with van der Waals surface area (Å²) in [5.74, 6) is 0.863. The van der Waals surface area contributed by atoms with Gasteiger partial charge in [-0.25, -0.2) is 13.4 Å². The third-order valence-corrected chi connectivity index (χ3v) is 7.09. The summed E-state index contributed by atoms with van der Waals surface area (Å²) in [6, 6.07) is 9.66. The van der Waals surface area contributed by atoms with E-state index in [2.05, 4.69) is 4.98 Å². The molecule has 3 rings (SSSR count). The van der Waals surface area contributed by atoms with Crippen molar-refractivity contribution in [3.63, 3.8) is 0 Å². The van der Waals surface area contributed by atoms with Gasteiger partial charge in [-0.05, 0) is 43.3 Å². The molecule has 0 atom stereocenters. The lowest BCUT2D eigenvalue weighted by Crippen LogP contribution is -2.28. The summed E-state index contributed by atoms with van der Waals surface area (Å²) in [5.41, 5.74) is 2.01. The SMILES string of the molecule is CCn1c(CN(C)S(=O)(=O)c2ccc(OC)c(Cl)c2)nc2cc(C(=O)N(C)C)ccc21. The lowest BCUT2D eigenvalue weighted by Gasteiger charge is -2.18. The van der Waals surface area contributed by atoms with Gasteiger partial charge in [0.2, 0.25) is 10.0 Å². The number of hydrogen-bond acceptors (Lipinski definition) is 5. The standard InChI is InChI=1S/C21H25ClN4O4S/c1-6-26-18-9-7-14(21(27)24(2)3)11-17(18)23-20(26)13-25(4)31(28,29)15-8-10-19(30-5)16(22)12-15/h7-12H,6,13H2,1-5H3. The number of hydrogen-bond donors (Lipinski definition) is 0. The maximum atomic E-state index is 13.1. The zero-order valence-electron chi connectivity index (χ0n) is 18.1. The van der Waals surface area contributed by atoms with Crippen LogP contribution in [0.4, 0.5) is 0 Å². The molecule has 0 saturated heterocycles. The smallest absolute Gasteiger partial charge is 0.253 e. The maximum absolute atomic E-state index is 13.1. The lowest BCUT2D eigenvalue weighted by molar-refractivity contribution is 0.0827. The van der Waals surface area contributed by atoms with Crippen LogP contribution in [0.15, 0.2) is 41.3 Å². The van der Waals surface area contributed by atoms with Crippen LogP contribution in [0.5, 0.6) is 5.75 Å². The highest BCUT2D eigenvalue weighted by molar-refractivity contribution is 7.89. The number of halogens is 1. The average molecular weight is 465 g/mol. The van der Waals surface area contributed by atoms with Gasteiger partial charge < -0.3 is 14.2 Å². The molecule has 10 heteroatoms. The molecule has 3 aromatic rings. The first kappa shape index (κ1) is 23.1. The summed E-state index contributed by atoms with van der Waals surface area (Å²) >= 11 is 6.11. The molecule has 1 aromatic heterocycles. The first-order valence-corrected chi connectivity index (χ1v) is 11.4. The summed E-state index contributed by atoms with van der Waals surface area (Å²) < 4.78 is 34.4. The molecule has 0 unspecified atom stereocenters. The number of imidazole rings is 1. The second-order valence-corrected chi connectivity index (χ2v) is 9.68. The molecule has 0 bridgehead atoms. The summed E-state index contributed by atoms with van der Waals surface area (Å²) in [5, 5.41) is 0.218. The zero-order chi connectivity index (χ0) is 22.9. The highest BCUT2D eigenvalue weighted by Gasteiger charge is 2.24. The van der Waals surface area contributed by atoms with Crippen LogP contribution in [0.1, 0.15) is 23.1 Å². The number of methoxy groups -OCH3 is 1. The van der Waals surface area contributed by atoms with E-state index in [0.717, 1.165) is 5.52 Å². The van der Waals surface area contributed by atoms with E-state index >= 15 is 0 Å². The second kappa shape index (κ2) is 8.86. The molecular formula is C21H25ClN4O4S. The molecule has 0 N–H and O–H groups in total. The highest BCUT2D eigenvalue weighted by atomic mass is 35.5. The van der Waals surface area contributed by atoms with E-state index < -0.39 is 10.0 Å². The van der Waals surface area contributed by atoms with E-state index in [-0.39, 0.29) is 22.4 Å². The Balaban J connectivity index is 1.96. The Bertz CT molecular complexity index is 1240. The van der Waals surface area contributed by atoms with Crippen molar-refractivity contribution in [1.29, 1.82) is 0 Å². The largest absolute Gasteiger partial charge is 0.495 e. The topological polar surface area (TPSA) is 84.7 Å². The van der Waals surface area contributed by atoms with Gasteiger partial charge in [-0.3, -0.25) is 4.79 Å². The molecule has 1 amide bonds. The Morgan fingerprint density at radius 2 is 1.87 bits per heavy atom. The maximum Gasteiger partial charge on any atom is 0.253 e. The van der Waals surface area contributed by atoms with Crippen LogP contribution >= 0.6 is 11.6 Å². The van der Waals surface area contributed by atoms with Crippen molar-refractivity contribution >= 4 is 38.6 Å². The van der Waals surface area contributed by atoms with Crippen LogP contribution in [0.2, 0.25) is 5.02 Å². The minimum absolute atomic E-state index is 0.0610. The molecule has 31 heavy (non-hydrogen) atoms. The fraction of sp³-hybridized carbons (Fsp3) is 0.333. The minimum Gasteiger partial charge on any atom is -0.495 e. The lowest BCUT2D eigenvalue weighted by atomic mass is 10.2. The van der Waals surface area contributed by atoms with Gasteiger partial charge in [-0.1, -0.05) is 11.6 Å². The number of fused-ring (bicyclic) bond motifs is 1. The number of rotatable bonds is 7. The molecule has 0 radical (unpaired) electrons. The number of ether oxygens (including phenoxy) is 1. The van der Waals surface area contributed by atoms with Crippen molar-refractivity contribution in [3.8, 4) is 5.75 Å². The summed E-state index contributed by atoms with van der Waals surface area (Å²) in [7, 11) is 2.54. The molecule has 8 nitrogen and oxygen atoms in total. The molecule has 0 aliphatic carbocycles. The number of carbonyl (C=O) groups excluding carboxylic acids is 1. The van der Waals surface area contributed by atoms with E-state index in [1.165, 1.54) is 41.6 Å². The number of aryl methyl sites for hydroxylation is 1. The summed E-state index contributed by atoms with van der Waals surface area (Å²) in [6.45, 7) is 2.63. The predicted octanol–water partition coefficient (Wildman–Crippen LogP) is 3.24. The number of sulfonamides is 1. The number of carbonyl (C=O) groups is 1. The van der Waals surface area contributed by atoms with Crippen molar-refractivity contribution in [2.75, 3.05) is 28.3 Å². The molecule has 0 aliphatic heterocycles. The zero-order valence-corrected chi connectivity index (χ0v) is 19.7.